The number of fused-ring (bicyclic) bond motifs is 3. The molecule has 0 saturated heterocycles. The normalized spacial score (nSPS) is 11.3. The van der Waals surface area contributed by atoms with Crippen LogP contribution in [0.1, 0.15) is 0 Å². The van der Waals surface area contributed by atoms with Crippen LogP contribution < -0.4 is 0 Å². The van der Waals surface area contributed by atoms with E-state index in [0.29, 0.717) is 5.02 Å². The zero-order valence-electron chi connectivity index (χ0n) is 17.3. The van der Waals surface area contributed by atoms with Crippen LogP contribution in [0.3, 0.4) is 0 Å². The maximum absolute atomic E-state index is 6.45. The first-order valence-electron chi connectivity index (χ1n) is 10.6. The molecule has 1 aromatic heterocycles. The molecule has 0 radical (unpaired) electrons. The van der Waals surface area contributed by atoms with Gasteiger partial charge in [-0.2, -0.15) is 0 Å². The van der Waals surface area contributed by atoms with Crippen LogP contribution in [0.4, 0.5) is 0 Å². The number of hydrogen-bond donors (Lipinski definition) is 0. The van der Waals surface area contributed by atoms with E-state index in [1.165, 1.54) is 22.3 Å². The largest absolute Gasteiger partial charge is 0.455 e. The quantitative estimate of drug-likeness (QED) is 0.272. The lowest BCUT2D eigenvalue weighted by atomic mass is 9.97. The lowest BCUT2D eigenvalue weighted by Gasteiger charge is -2.07. The van der Waals surface area contributed by atoms with Gasteiger partial charge >= 0.3 is 0 Å². The summed E-state index contributed by atoms with van der Waals surface area (Å²) in [4.78, 5) is 0. The summed E-state index contributed by atoms with van der Waals surface area (Å²) in [6.45, 7) is 0. The van der Waals surface area contributed by atoms with Crippen molar-refractivity contribution in [2.75, 3.05) is 0 Å². The van der Waals surface area contributed by atoms with E-state index < -0.39 is 0 Å². The molecule has 1 heterocycles. The highest BCUT2D eigenvalue weighted by Crippen LogP contribution is 2.39. The molecule has 0 fully saturated rings. The van der Waals surface area contributed by atoms with Crippen molar-refractivity contribution in [1.29, 1.82) is 0 Å². The molecule has 0 unspecified atom stereocenters. The zero-order valence-corrected chi connectivity index (χ0v) is 18.0. The van der Waals surface area contributed by atoms with Crippen LogP contribution in [-0.2, 0) is 0 Å². The molecule has 0 amide bonds. The molecule has 152 valence electrons. The van der Waals surface area contributed by atoms with Gasteiger partial charge in [0.15, 0.2) is 0 Å². The smallest absolute Gasteiger partial charge is 0.143 e. The first-order chi connectivity index (χ1) is 15.8. The summed E-state index contributed by atoms with van der Waals surface area (Å²) in [5, 5.41) is 2.73. The lowest BCUT2D eigenvalue weighted by Crippen LogP contribution is -1.82. The fourth-order valence-electron chi connectivity index (χ4n) is 4.36. The molecular formula is C30H19ClO. The minimum Gasteiger partial charge on any atom is -0.455 e. The van der Waals surface area contributed by atoms with Gasteiger partial charge in [0.25, 0.3) is 0 Å². The van der Waals surface area contributed by atoms with Gasteiger partial charge in [0.1, 0.15) is 11.2 Å². The van der Waals surface area contributed by atoms with Crippen LogP contribution in [0.25, 0.3) is 55.3 Å². The number of rotatable bonds is 3. The molecule has 0 aliphatic rings. The molecule has 6 rings (SSSR count). The Morgan fingerprint density at radius 2 is 1.03 bits per heavy atom. The Labute approximate surface area is 191 Å². The van der Waals surface area contributed by atoms with Gasteiger partial charge in [-0.3, -0.25) is 0 Å². The van der Waals surface area contributed by atoms with Gasteiger partial charge in [0.2, 0.25) is 0 Å². The maximum Gasteiger partial charge on any atom is 0.143 e. The minimum absolute atomic E-state index is 0.715. The van der Waals surface area contributed by atoms with Gasteiger partial charge < -0.3 is 4.42 Å². The van der Waals surface area contributed by atoms with E-state index in [9.17, 15) is 0 Å². The molecule has 1 nitrogen and oxygen atoms in total. The topological polar surface area (TPSA) is 13.1 Å². The van der Waals surface area contributed by atoms with Crippen molar-refractivity contribution in [1.82, 2.24) is 0 Å². The van der Waals surface area contributed by atoms with Crippen LogP contribution in [-0.4, -0.2) is 0 Å². The maximum atomic E-state index is 6.45. The fraction of sp³-hybridized carbons (Fsp3) is 0. The van der Waals surface area contributed by atoms with Gasteiger partial charge in [-0.25, -0.2) is 0 Å². The fourth-order valence-corrected chi connectivity index (χ4v) is 4.63. The molecule has 0 saturated carbocycles. The van der Waals surface area contributed by atoms with E-state index in [0.717, 1.165) is 33.1 Å². The van der Waals surface area contributed by atoms with Crippen LogP contribution in [0.5, 0.6) is 0 Å². The van der Waals surface area contributed by atoms with Crippen molar-refractivity contribution in [2.45, 2.75) is 0 Å². The van der Waals surface area contributed by atoms with Gasteiger partial charge in [0.05, 0.1) is 5.02 Å². The average molecular weight is 431 g/mol. The molecule has 32 heavy (non-hydrogen) atoms. The Kier molecular flexibility index (Phi) is 4.56. The number of hydrogen-bond acceptors (Lipinski definition) is 1. The first-order valence-corrected chi connectivity index (χ1v) is 11.0. The second-order valence-corrected chi connectivity index (χ2v) is 8.33. The zero-order chi connectivity index (χ0) is 21.5. The van der Waals surface area contributed by atoms with Crippen molar-refractivity contribution in [3.63, 3.8) is 0 Å². The van der Waals surface area contributed by atoms with Crippen LogP contribution in [0, 0.1) is 0 Å². The summed E-state index contributed by atoms with van der Waals surface area (Å²) in [7, 11) is 0. The van der Waals surface area contributed by atoms with E-state index in [-0.39, 0.29) is 0 Å². The van der Waals surface area contributed by atoms with Crippen molar-refractivity contribution < 1.29 is 4.42 Å². The molecular weight excluding hydrogens is 412 g/mol. The average Bonchev–Trinajstić information content (AvgIpc) is 3.25. The monoisotopic (exact) mass is 430 g/mol. The predicted octanol–water partition coefficient (Wildman–Crippen LogP) is 9.24. The van der Waals surface area contributed by atoms with Crippen molar-refractivity contribution in [3.8, 4) is 33.4 Å². The van der Waals surface area contributed by atoms with Crippen LogP contribution >= 0.6 is 11.6 Å². The highest BCUT2D eigenvalue weighted by Gasteiger charge is 2.14. The Morgan fingerprint density at radius 3 is 1.69 bits per heavy atom. The third-order valence-corrected chi connectivity index (χ3v) is 6.31. The molecule has 0 aliphatic heterocycles. The molecule has 6 aromatic rings. The first kappa shape index (κ1) is 18.9. The Morgan fingerprint density at radius 1 is 0.469 bits per heavy atom. The number of halogens is 1. The minimum atomic E-state index is 0.715. The summed E-state index contributed by atoms with van der Waals surface area (Å²) in [5.41, 5.74) is 8.72. The van der Waals surface area contributed by atoms with Crippen LogP contribution in [0.2, 0.25) is 5.02 Å². The predicted molar refractivity (Wildman–Crippen MR) is 135 cm³/mol. The summed E-state index contributed by atoms with van der Waals surface area (Å²) in [6.07, 6.45) is 0. The van der Waals surface area contributed by atoms with Crippen molar-refractivity contribution in [3.05, 3.63) is 120 Å². The summed E-state index contributed by atoms with van der Waals surface area (Å²) in [6, 6.07) is 39.8. The highest BCUT2D eigenvalue weighted by atomic mass is 35.5. The third kappa shape index (κ3) is 3.19. The van der Waals surface area contributed by atoms with E-state index >= 15 is 0 Å². The van der Waals surface area contributed by atoms with Crippen molar-refractivity contribution in [2.24, 2.45) is 0 Å². The molecule has 0 aliphatic carbocycles. The Bertz CT molecular complexity index is 1540. The Balaban J connectivity index is 1.37. The molecule has 0 bridgehead atoms. The standard InChI is InChI=1S/C30H19ClO/c31-27-10-5-11-28-29(27)26-9-4-8-25(30(26)32-28)24-18-16-23(17-19-24)22-14-12-21(13-15-22)20-6-2-1-3-7-20/h1-19H. The lowest BCUT2D eigenvalue weighted by molar-refractivity contribution is 0.670. The van der Waals surface area contributed by atoms with E-state index in [1.54, 1.807) is 0 Å². The molecule has 0 N–H and O–H groups in total. The summed E-state index contributed by atoms with van der Waals surface area (Å²) < 4.78 is 6.20. The third-order valence-electron chi connectivity index (χ3n) is 5.99. The molecule has 5 aromatic carbocycles. The SMILES string of the molecule is Clc1cccc2oc3c(-c4ccc(-c5ccc(-c6ccccc6)cc5)cc4)cccc3c12. The van der Waals surface area contributed by atoms with E-state index in [4.69, 9.17) is 16.0 Å². The van der Waals surface area contributed by atoms with Crippen LogP contribution in [0.15, 0.2) is 120 Å². The Hall–Kier alpha value is -3.81. The summed E-state index contributed by atoms with van der Waals surface area (Å²) >= 11 is 6.45. The second kappa shape index (κ2) is 7.71. The molecule has 2 heteroatoms. The number of furan rings is 1. The van der Waals surface area contributed by atoms with E-state index in [1.807, 2.05) is 24.3 Å². The molecule has 0 spiro atoms. The van der Waals surface area contributed by atoms with Crippen molar-refractivity contribution >= 4 is 33.5 Å². The van der Waals surface area contributed by atoms with Gasteiger partial charge in [-0.15, -0.1) is 0 Å². The number of benzene rings is 5. The molecule has 0 atom stereocenters. The number of para-hydroxylation sites is 1. The summed E-state index contributed by atoms with van der Waals surface area (Å²) in [5.74, 6) is 0. The van der Waals surface area contributed by atoms with Gasteiger partial charge in [-0.1, -0.05) is 115 Å². The second-order valence-electron chi connectivity index (χ2n) is 7.92. The highest BCUT2D eigenvalue weighted by molar-refractivity contribution is 6.37. The van der Waals surface area contributed by atoms with E-state index in [2.05, 4.69) is 91.0 Å². The van der Waals surface area contributed by atoms with Gasteiger partial charge in [-0.05, 0) is 39.9 Å². The van der Waals surface area contributed by atoms with Gasteiger partial charge in [0, 0.05) is 16.3 Å².